The summed E-state index contributed by atoms with van der Waals surface area (Å²) in [4.78, 5) is 2.16. The second-order valence-corrected chi connectivity index (χ2v) is 5.09. The van der Waals surface area contributed by atoms with E-state index in [1.54, 1.807) is 0 Å². The van der Waals surface area contributed by atoms with E-state index in [4.69, 9.17) is 0 Å². The van der Waals surface area contributed by atoms with E-state index in [0.717, 1.165) is 6.54 Å². The van der Waals surface area contributed by atoms with Gasteiger partial charge >= 0.3 is 0 Å². The molecular formula is C13H20Cl2GaN-2. The first kappa shape index (κ1) is 22.6. The standard InChI is InChI=1S/C13H20N.2ClH.Ga/c1-13(2,3)12-8-6-11(7-9-12)10-14(4)5;;;/h6,8-9H,10H2,1-5H3;2*1H;/p-2. The van der Waals surface area contributed by atoms with E-state index in [1.165, 1.54) is 11.5 Å². The molecule has 0 N–H and O–H groups in total. The molecule has 0 aromatic rings. The van der Waals surface area contributed by atoms with Gasteiger partial charge in [-0.1, -0.05) is 32.9 Å². The maximum atomic E-state index is 3.33. The van der Waals surface area contributed by atoms with E-state index >= 15 is 0 Å². The topological polar surface area (TPSA) is 3.24 Å². The van der Waals surface area contributed by atoms with Crippen LogP contribution in [0.4, 0.5) is 0 Å². The number of hydrogen-bond donors (Lipinski definition) is 0. The van der Waals surface area contributed by atoms with Gasteiger partial charge in [0.1, 0.15) is 0 Å². The third-order valence-electron chi connectivity index (χ3n) is 2.23. The Labute approximate surface area is 131 Å². The zero-order valence-corrected chi connectivity index (χ0v) is 15.2. The van der Waals surface area contributed by atoms with E-state index in [9.17, 15) is 0 Å². The van der Waals surface area contributed by atoms with Crippen molar-refractivity contribution in [1.82, 2.24) is 4.90 Å². The summed E-state index contributed by atoms with van der Waals surface area (Å²) in [6, 6.07) is 0. The first-order valence-corrected chi connectivity index (χ1v) is 5.05. The van der Waals surface area contributed by atoms with E-state index in [0.29, 0.717) is 0 Å². The summed E-state index contributed by atoms with van der Waals surface area (Å²) in [5.74, 6) is 1.35. The molecule has 1 aliphatic rings. The van der Waals surface area contributed by atoms with E-state index in [2.05, 4.69) is 63.7 Å². The Hall–Kier alpha value is 0.436. The number of rotatable bonds is 2. The van der Waals surface area contributed by atoms with Crippen LogP contribution in [0.25, 0.3) is 0 Å². The SMILES string of the molecule is CN(C)CC1=C=C[C](C(C)(C)C)C=C1.[Cl-].[Cl-].[Ga]. The van der Waals surface area contributed by atoms with Crippen LogP contribution in [0.15, 0.2) is 29.5 Å². The van der Waals surface area contributed by atoms with Crippen molar-refractivity contribution >= 4 is 19.8 Å². The van der Waals surface area contributed by atoms with Crippen LogP contribution in [0.1, 0.15) is 20.8 Å². The van der Waals surface area contributed by atoms with Crippen molar-refractivity contribution in [3.05, 3.63) is 35.5 Å². The van der Waals surface area contributed by atoms with Gasteiger partial charge in [0.05, 0.1) is 0 Å². The molecule has 1 rings (SSSR count). The van der Waals surface area contributed by atoms with Gasteiger partial charge in [0, 0.05) is 37.8 Å². The van der Waals surface area contributed by atoms with Crippen LogP contribution in [0.5, 0.6) is 0 Å². The van der Waals surface area contributed by atoms with Gasteiger partial charge in [-0.15, -0.1) is 5.73 Å². The predicted octanol–water partition coefficient (Wildman–Crippen LogP) is -3.55. The molecule has 0 aromatic heterocycles. The summed E-state index contributed by atoms with van der Waals surface area (Å²) in [5.41, 5.74) is 4.82. The second-order valence-electron chi connectivity index (χ2n) is 5.09. The van der Waals surface area contributed by atoms with Gasteiger partial charge in [-0.3, -0.25) is 0 Å². The molecule has 4 heteroatoms. The van der Waals surface area contributed by atoms with Crippen molar-refractivity contribution in [1.29, 1.82) is 0 Å². The Morgan fingerprint density at radius 2 is 1.65 bits per heavy atom. The molecule has 0 heterocycles. The van der Waals surface area contributed by atoms with Gasteiger partial charge in [0.15, 0.2) is 0 Å². The summed E-state index contributed by atoms with van der Waals surface area (Å²) < 4.78 is 0. The van der Waals surface area contributed by atoms with Crippen LogP contribution in [0.3, 0.4) is 0 Å². The zero-order valence-electron chi connectivity index (χ0n) is 11.2. The summed E-state index contributed by atoms with van der Waals surface area (Å²) in [5, 5.41) is 0. The summed E-state index contributed by atoms with van der Waals surface area (Å²) in [6.45, 7) is 7.63. The second kappa shape index (κ2) is 9.38. The van der Waals surface area contributed by atoms with Gasteiger partial charge in [0.2, 0.25) is 0 Å². The number of nitrogens with zero attached hydrogens (tertiary/aromatic N) is 1. The van der Waals surface area contributed by atoms with E-state index in [1.807, 2.05) is 0 Å². The third-order valence-corrected chi connectivity index (χ3v) is 2.23. The number of hydrogen-bond acceptors (Lipinski definition) is 1. The predicted molar refractivity (Wildman–Crippen MR) is 67.7 cm³/mol. The van der Waals surface area contributed by atoms with Crippen molar-refractivity contribution in [3.63, 3.8) is 0 Å². The molecule has 0 spiro atoms. The Balaban J connectivity index is -0.000000653. The molecular weight excluding hydrogens is 311 g/mol. The maximum Gasteiger partial charge on any atom is 0.0325 e. The molecule has 17 heavy (non-hydrogen) atoms. The number of allylic oxidation sites excluding steroid dienone is 1. The van der Waals surface area contributed by atoms with Crippen LogP contribution in [-0.2, 0) is 0 Å². The van der Waals surface area contributed by atoms with Crippen LogP contribution >= 0.6 is 0 Å². The average molecular weight is 331 g/mol. The van der Waals surface area contributed by atoms with Crippen molar-refractivity contribution in [3.8, 4) is 0 Å². The van der Waals surface area contributed by atoms with Crippen LogP contribution in [0.2, 0.25) is 0 Å². The molecule has 0 unspecified atom stereocenters. The largest absolute Gasteiger partial charge is 1.00 e. The molecule has 0 bridgehead atoms. The molecule has 1 aliphatic carbocycles. The fourth-order valence-electron chi connectivity index (χ4n) is 1.36. The number of halogens is 2. The molecule has 0 fully saturated rings. The normalized spacial score (nSPS) is 14.6. The molecule has 0 saturated carbocycles. The Kier molecular flexibility index (Phi) is 12.5. The Bertz CT molecular complexity index is 297. The van der Waals surface area contributed by atoms with Gasteiger partial charge in [-0.05, 0) is 25.6 Å². The Morgan fingerprint density at radius 1 is 1.12 bits per heavy atom. The minimum absolute atomic E-state index is 0. The first-order chi connectivity index (χ1) is 6.39. The average Bonchev–Trinajstić information content (AvgIpc) is 2.02. The van der Waals surface area contributed by atoms with E-state index < -0.39 is 0 Å². The molecule has 0 atom stereocenters. The minimum atomic E-state index is 0. The summed E-state index contributed by atoms with van der Waals surface area (Å²) in [7, 11) is 4.15. The minimum Gasteiger partial charge on any atom is -1.00 e. The van der Waals surface area contributed by atoms with Gasteiger partial charge in [-0.25, -0.2) is 0 Å². The van der Waals surface area contributed by atoms with E-state index in [-0.39, 0.29) is 50.0 Å². The maximum absolute atomic E-state index is 3.33. The van der Waals surface area contributed by atoms with Crippen LogP contribution < -0.4 is 24.8 Å². The zero-order chi connectivity index (χ0) is 10.8. The van der Waals surface area contributed by atoms with Crippen molar-refractivity contribution in [2.75, 3.05) is 20.6 Å². The molecule has 4 radical (unpaired) electrons. The Morgan fingerprint density at radius 3 is 1.94 bits per heavy atom. The van der Waals surface area contributed by atoms with Crippen LogP contribution in [0, 0.1) is 11.3 Å². The molecule has 0 aromatic carbocycles. The van der Waals surface area contributed by atoms with Gasteiger partial charge in [-0.2, -0.15) is 0 Å². The van der Waals surface area contributed by atoms with Crippen molar-refractivity contribution in [2.24, 2.45) is 5.41 Å². The monoisotopic (exact) mass is 329 g/mol. The molecule has 0 saturated heterocycles. The molecule has 96 valence electrons. The first-order valence-electron chi connectivity index (χ1n) is 5.05. The smallest absolute Gasteiger partial charge is 0.0325 e. The van der Waals surface area contributed by atoms with Crippen molar-refractivity contribution < 1.29 is 24.8 Å². The molecule has 1 nitrogen and oxygen atoms in total. The fourth-order valence-corrected chi connectivity index (χ4v) is 1.36. The summed E-state index contributed by atoms with van der Waals surface area (Å²) >= 11 is 0. The third kappa shape index (κ3) is 8.20. The van der Waals surface area contributed by atoms with Gasteiger partial charge < -0.3 is 29.7 Å². The van der Waals surface area contributed by atoms with Crippen LogP contribution in [-0.4, -0.2) is 45.3 Å². The molecule has 0 amide bonds. The quantitative estimate of drug-likeness (QED) is 0.374. The fraction of sp³-hybridized carbons (Fsp3) is 0.538. The number of likely N-dealkylation sites (N-methyl/N-ethyl adjacent to an activating group) is 1. The van der Waals surface area contributed by atoms with Gasteiger partial charge in [0.25, 0.3) is 0 Å². The summed E-state index contributed by atoms with van der Waals surface area (Å²) in [6.07, 6.45) is 6.48. The molecule has 0 aliphatic heterocycles. The van der Waals surface area contributed by atoms with Crippen molar-refractivity contribution in [2.45, 2.75) is 20.8 Å².